The lowest BCUT2D eigenvalue weighted by atomic mass is 10.1. The van der Waals surface area contributed by atoms with Crippen LogP contribution in [0.15, 0.2) is 42.6 Å². The summed E-state index contributed by atoms with van der Waals surface area (Å²) in [4.78, 5) is 24.4. The number of hydrogen-bond acceptors (Lipinski definition) is 7. The number of hydrogen-bond donors (Lipinski definition) is 1. The zero-order valence-electron chi connectivity index (χ0n) is 16.7. The van der Waals surface area contributed by atoms with Crippen LogP contribution in [-0.2, 0) is 4.74 Å². The highest BCUT2D eigenvalue weighted by Crippen LogP contribution is 2.32. The van der Waals surface area contributed by atoms with Crippen molar-refractivity contribution in [3.8, 4) is 17.0 Å². The Kier molecular flexibility index (Phi) is 6.38. The Balaban J connectivity index is 1.47. The summed E-state index contributed by atoms with van der Waals surface area (Å²) >= 11 is 1.33. The Hall–Kier alpha value is -3.11. The normalized spacial score (nSPS) is 14.0. The number of nitrogens with zero attached hydrogens (tertiary/aromatic N) is 3. The molecule has 3 aromatic rings. The van der Waals surface area contributed by atoms with Crippen LogP contribution >= 0.6 is 11.3 Å². The number of anilines is 2. The van der Waals surface area contributed by atoms with E-state index in [0.29, 0.717) is 29.7 Å². The van der Waals surface area contributed by atoms with E-state index in [4.69, 9.17) is 4.74 Å². The van der Waals surface area contributed by atoms with E-state index >= 15 is 0 Å². The van der Waals surface area contributed by atoms with Crippen LogP contribution in [-0.4, -0.2) is 48.8 Å². The lowest BCUT2D eigenvalue weighted by Crippen LogP contribution is -2.36. The lowest BCUT2D eigenvalue weighted by Gasteiger charge is -2.28. The fraction of sp³-hybridized carbons (Fsp3) is 0.286. The summed E-state index contributed by atoms with van der Waals surface area (Å²) in [5.74, 6) is -0.275. The van der Waals surface area contributed by atoms with Gasteiger partial charge in [0.15, 0.2) is 5.13 Å². The standard InChI is InChI=1S/C21H20F2N4O3S/c1-13-18(14-2-4-16(5-3-14)30-20(22)23)25-21(31-13)26-19(28)17-12-15(6-7-24-17)27-8-10-29-11-9-27/h2-7,12,20H,8-11H2,1H3,(H,25,26,28). The number of pyridine rings is 1. The molecule has 1 saturated heterocycles. The van der Waals surface area contributed by atoms with Crippen molar-refractivity contribution in [2.75, 3.05) is 36.5 Å². The largest absolute Gasteiger partial charge is 0.435 e. The zero-order valence-corrected chi connectivity index (χ0v) is 17.5. The number of nitrogens with one attached hydrogen (secondary N) is 1. The van der Waals surface area contributed by atoms with Gasteiger partial charge in [0.2, 0.25) is 0 Å². The highest BCUT2D eigenvalue weighted by molar-refractivity contribution is 7.16. The van der Waals surface area contributed by atoms with Gasteiger partial charge in [0.05, 0.1) is 18.9 Å². The van der Waals surface area contributed by atoms with Crippen molar-refractivity contribution in [1.29, 1.82) is 0 Å². The maximum Gasteiger partial charge on any atom is 0.387 e. The molecule has 2 aromatic heterocycles. The molecule has 1 N–H and O–H groups in total. The Morgan fingerprint density at radius 2 is 1.97 bits per heavy atom. The number of benzene rings is 1. The number of halogens is 2. The van der Waals surface area contributed by atoms with Crippen molar-refractivity contribution in [2.24, 2.45) is 0 Å². The maximum atomic E-state index is 12.7. The number of thiazole rings is 1. The van der Waals surface area contributed by atoms with Gasteiger partial charge in [-0.05, 0) is 43.3 Å². The van der Waals surface area contributed by atoms with Gasteiger partial charge in [-0.15, -0.1) is 11.3 Å². The highest BCUT2D eigenvalue weighted by atomic mass is 32.1. The molecule has 0 bridgehead atoms. The summed E-state index contributed by atoms with van der Waals surface area (Å²) in [6.45, 7) is 1.84. The second kappa shape index (κ2) is 9.36. The van der Waals surface area contributed by atoms with Gasteiger partial charge in [0.1, 0.15) is 11.4 Å². The van der Waals surface area contributed by atoms with Crippen LogP contribution < -0.4 is 15.0 Å². The molecule has 3 heterocycles. The fourth-order valence-electron chi connectivity index (χ4n) is 3.23. The first-order valence-electron chi connectivity index (χ1n) is 9.62. The van der Waals surface area contributed by atoms with Crippen molar-refractivity contribution in [1.82, 2.24) is 9.97 Å². The molecule has 10 heteroatoms. The molecule has 1 fully saturated rings. The first-order chi connectivity index (χ1) is 15.0. The van der Waals surface area contributed by atoms with Crippen molar-refractivity contribution < 1.29 is 23.0 Å². The minimum Gasteiger partial charge on any atom is -0.435 e. The summed E-state index contributed by atoms with van der Waals surface area (Å²) < 4.78 is 34.4. The lowest BCUT2D eigenvalue weighted by molar-refractivity contribution is -0.0498. The first kappa shape index (κ1) is 21.1. The summed E-state index contributed by atoms with van der Waals surface area (Å²) in [5, 5.41) is 3.23. The first-order valence-corrected chi connectivity index (χ1v) is 10.4. The van der Waals surface area contributed by atoms with Crippen LogP contribution in [0.3, 0.4) is 0 Å². The van der Waals surface area contributed by atoms with Crippen LogP contribution in [0, 0.1) is 6.92 Å². The van der Waals surface area contributed by atoms with Crippen LogP contribution in [0.1, 0.15) is 15.4 Å². The summed E-state index contributed by atoms with van der Waals surface area (Å²) in [6, 6.07) is 9.84. The monoisotopic (exact) mass is 446 g/mol. The molecule has 4 rings (SSSR count). The molecule has 0 atom stereocenters. The molecule has 1 amide bonds. The second-order valence-electron chi connectivity index (χ2n) is 6.78. The summed E-state index contributed by atoms with van der Waals surface area (Å²) in [5.41, 5.74) is 2.62. The van der Waals surface area contributed by atoms with Crippen molar-refractivity contribution in [2.45, 2.75) is 13.5 Å². The third-order valence-corrected chi connectivity index (χ3v) is 5.61. The average Bonchev–Trinajstić information content (AvgIpc) is 3.14. The molecule has 31 heavy (non-hydrogen) atoms. The number of amides is 1. The molecule has 0 unspecified atom stereocenters. The summed E-state index contributed by atoms with van der Waals surface area (Å²) in [6.07, 6.45) is 1.61. The second-order valence-corrected chi connectivity index (χ2v) is 7.98. The number of aromatic nitrogens is 2. The topological polar surface area (TPSA) is 76.6 Å². The molecule has 0 spiro atoms. The van der Waals surface area contributed by atoms with Crippen molar-refractivity contribution >= 4 is 28.1 Å². The third-order valence-electron chi connectivity index (χ3n) is 4.72. The van der Waals surface area contributed by atoms with Gasteiger partial charge in [-0.2, -0.15) is 8.78 Å². The number of aryl methyl sites for hydroxylation is 1. The van der Waals surface area contributed by atoms with Crippen molar-refractivity contribution in [3.05, 3.63) is 53.2 Å². The minimum atomic E-state index is -2.87. The molecule has 0 aliphatic carbocycles. The van der Waals surface area contributed by atoms with E-state index in [2.05, 4.69) is 24.9 Å². The average molecular weight is 446 g/mol. The van der Waals surface area contributed by atoms with Crippen LogP contribution in [0.25, 0.3) is 11.3 Å². The van der Waals surface area contributed by atoms with E-state index in [1.807, 2.05) is 13.0 Å². The molecular formula is C21H20F2N4O3S. The number of carbonyl (C=O) groups excluding carboxylic acids is 1. The quantitative estimate of drug-likeness (QED) is 0.612. The maximum absolute atomic E-state index is 12.7. The Bertz CT molecular complexity index is 1050. The fourth-order valence-corrected chi connectivity index (χ4v) is 4.07. The predicted molar refractivity (Wildman–Crippen MR) is 114 cm³/mol. The molecule has 0 saturated carbocycles. The van der Waals surface area contributed by atoms with Gasteiger partial charge in [-0.25, -0.2) is 4.98 Å². The number of rotatable bonds is 6. The Morgan fingerprint density at radius 1 is 1.23 bits per heavy atom. The van der Waals surface area contributed by atoms with Gasteiger partial charge in [-0.3, -0.25) is 15.1 Å². The van der Waals surface area contributed by atoms with Crippen molar-refractivity contribution in [3.63, 3.8) is 0 Å². The van der Waals surface area contributed by atoms with E-state index in [0.717, 1.165) is 29.2 Å². The molecule has 1 aliphatic rings. The van der Waals surface area contributed by atoms with Gasteiger partial charge in [-0.1, -0.05) is 0 Å². The summed E-state index contributed by atoms with van der Waals surface area (Å²) in [7, 11) is 0. The molecule has 0 radical (unpaired) electrons. The number of carbonyl (C=O) groups is 1. The van der Waals surface area contributed by atoms with E-state index in [1.54, 1.807) is 24.4 Å². The van der Waals surface area contributed by atoms with Crippen LogP contribution in [0.2, 0.25) is 0 Å². The smallest absolute Gasteiger partial charge is 0.387 e. The minimum absolute atomic E-state index is 0.0754. The van der Waals surface area contributed by atoms with Gasteiger partial charge >= 0.3 is 6.61 Å². The van der Waals surface area contributed by atoms with Gasteiger partial charge in [0.25, 0.3) is 5.91 Å². The number of morpholine rings is 1. The molecular weight excluding hydrogens is 426 g/mol. The van der Waals surface area contributed by atoms with Crippen LogP contribution in [0.4, 0.5) is 19.6 Å². The van der Waals surface area contributed by atoms with Gasteiger partial charge < -0.3 is 14.4 Å². The number of alkyl halides is 2. The number of ether oxygens (including phenoxy) is 2. The molecule has 7 nitrogen and oxygen atoms in total. The molecule has 162 valence electrons. The highest BCUT2D eigenvalue weighted by Gasteiger charge is 2.17. The van der Waals surface area contributed by atoms with Gasteiger partial charge in [0, 0.05) is 35.4 Å². The van der Waals surface area contributed by atoms with Crippen LogP contribution in [0.5, 0.6) is 5.75 Å². The molecule has 1 aromatic carbocycles. The van der Waals surface area contributed by atoms with E-state index in [1.165, 1.54) is 23.5 Å². The van der Waals surface area contributed by atoms with E-state index < -0.39 is 6.61 Å². The predicted octanol–water partition coefficient (Wildman–Crippen LogP) is 4.20. The zero-order chi connectivity index (χ0) is 21.8. The molecule has 1 aliphatic heterocycles. The van der Waals surface area contributed by atoms with E-state index in [9.17, 15) is 13.6 Å². The third kappa shape index (κ3) is 5.15. The Morgan fingerprint density at radius 3 is 2.68 bits per heavy atom. The Labute approximate surface area is 181 Å². The SMILES string of the molecule is Cc1sc(NC(=O)c2cc(N3CCOCC3)ccn2)nc1-c1ccc(OC(F)F)cc1. The van der Waals surface area contributed by atoms with E-state index in [-0.39, 0.29) is 11.7 Å².